The first kappa shape index (κ1) is 11.0. The van der Waals surface area contributed by atoms with Crippen LogP contribution in [-0.4, -0.2) is 18.9 Å². The lowest BCUT2D eigenvalue weighted by molar-refractivity contribution is -0.148. The molecule has 1 saturated carbocycles. The Bertz CT molecular complexity index is 245. The molecule has 1 rings (SSSR count). The highest BCUT2D eigenvalue weighted by Crippen LogP contribution is 2.29. The van der Waals surface area contributed by atoms with E-state index in [1.807, 2.05) is 0 Å². The van der Waals surface area contributed by atoms with Gasteiger partial charge in [-0.2, -0.15) is 0 Å². The highest BCUT2D eigenvalue weighted by molar-refractivity contribution is 5.84. The fraction of sp³-hybridized carbons (Fsp3) is 0.636. The zero-order chi connectivity index (χ0) is 10.6. The van der Waals surface area contributed by atoms with E-state index in [4.69, 9.17) is 0 Å². The van der Waals surface area contributed by atoms with Gasteiger partial charge in [-0.1, -0.05) is 6.08 Å². The minimum absolute atomic E-state index is 0.0228. The fourth-order valence-corrected chi connectivity index (χ4v) is 1.92. The van der Waals surface area contributed by atoms with E-state index in [-0.39, 0.29) is 23.6 Å². The molecule has 0 heterocycles. The lowest BCUT2D eigenvalue weighted by atomic mass is 9.79. The highest BCUT2D eigenvalue weighted by atomic mass is 16.5. The SMILES string of the molecule is C=CCC1CC(C(=O)OC)CCC1=O. The van der Waals surface area contributed by atoms with Crippen LogP contribution in [-0.2, 0) is 14.3 Å². The van der Waals surface area contributed by atoms with Crippen LogP contribution in [0.5, 0.6) is 0 Å². The van der Waals surface area contributed by atoms with E-state index in [0.717, 1.165) is 0 Å². The second-order valence-electron chi connectivity index (χ2n) is 3.68. The van der Waals surface area contributed by atoms with Crippen LogP contribution in [0, 0.1) is 11.8 Å². The van der Waals surface area contributed by atoms with Crippen LogP contribution in [0.25, 0.3) is 0 Å². The standard InChI is InChI=1S/C11H16O3/c1-3-4-8-7-9(11(13)14-2)5-6-10(8)12/h3,8-9H,1,4-7H2,2H3. The molecule has 0 saturated heterocycles. The van der Waals surface area contributed by atoms with Crippen molar-refractivity contribution in [2.75, 3.05) is 7.11 Å². The molecular weight excluding hydrogens is 180 g/mol. The summed E-state index contributed by atoms with van der Waals surface area (Å²) in [6.45, 7) is 3.61. The number of methoxy groups -OCH3 is 1. The molecule has 0 amide bonds. The minimum atomic E-state index is -0.188. The Morgan fingerprint density at radius 1 is 1.71 bits per heavy atom. The first-order valence-electron chi connectivity index (χ1n) is 4.90. The predicted molar refractivity (Wildman–Crippen MR) is 52.7 cm³/mol. The number of carbonyl (C=O) groups excluding carboxylic acids is 2. The smallest absolute Gasteiger partial charge is 0.308 e. The molecule has 2 atom stereocenters. The summed E-state index contributed by atoms with van der Waals surface area (Å²) in [6.07, 6.45) is 4.17. The number of Topliss-reactive ketones (excluding diaryl/α,β-unsaturated/α-hetero) is 1. The maximum absolute atomic E-state index is 11.4. The van der Waals surface area contributed by atoms with E-state index in [1.165, 1.54) is 7.11 Å². The van der Waals surface area contributed by atoms with Crippen molar-refractivity contribution in [2.24, 2.45) is 11.8 Å². The van der Waals surface area contributed by atoms with Gasteiger partial charge in [0.1, 0.15) is 5.78 Å². The molecule has 1 fully saturated rings. The van der Waals surface area contributed by atoms with Gasteiger partial charge in [-0.15, -0.1) is 6.58 Å². The summed E-state index contributed by atoms with van der Waals surface area (Å²) in [5.74, 6) is -0.0513. The quantitative estimate of drug-likeness (QED) is 0.510. The van der Waals surface area contributed by atoms with Crippen molar-refractivity contribution in [1.82, 2.24) is 0 Å². The number of hydrogen-bond acceptors (Lipinski definition) is 3. The van der Waals surface area contributed by atoms with Crippen LogP contribution in [0.4, 0.5) is 0 Å². The van der Waals surface area contributed by atoms with E-state index < -0.39 is 0 Å². The first-order valence-corrected chi connectivity index (χ1v) is 4.90. The molecule has 1 aliphatic rings. The number of hydrogen-bond donors (Lipinski definition) is 0. The molecule has 0 aromatic rings. The van der Waals surface area contributed by atoms with Gasteiger partial charge in [-0.3, -0.25) is 9.59 Å². The summed E-state index contributed by atoms with van der Waals surface area (Å²) in [4.78, 5) is 22.7. The van der Waals surface area contributed by atoms with Crippen molar-refractivity contribution in [3.63, 3.8) is 0 Å². The Balaban J connectivity index is 2.56. The summed E-state index contributed by atoms with van der Waals surface area (Å²) in [5, 5.41) is 0. The van der Waals surface area contributed by atoms with Crippen molar-refractivity contribution < 1.29 is 14.3 Å². The second kappa shape index (κ2) is 4.94. The fourth-order valence-electron chi connectivity index (χ4n) is 1.92. The van der Waals surface area contributed by atoms with Crippen molar-refractivity contribution in [2.45, 2.75) is 25.7 Å². The zero-order valence-corrected chi connectivity index (χ0v) is 8.49. The maximum atomic E-state index is 11.4. The molecule has 0 aromatic heterocycles. The van der Waals surface area contributed by atoms with Crippen LogP contribution in [0.2, 0.25) is 0 Å². The molecule has 0 aliphatic heterocycles. The Kier molecular flexibility index (Phi) is 3.86. The second-order valence-corrected chi connectivity index (χ2v) is 3.68. The van der Waals surface area contributed by atoms with Crippen molar-refractivity contribution in [1.29, 1.82) is 0 Å². The van der Waals surface area contributed by atoms with E-state index >= 15 is 0 Å². The summed E-state index contributed by atoms with van der Waals surface area (Å²) in [5.41, 5.74) is 0. The van der Waals surface area contributed by atoms with Gasteiger partial charge < -0.3 is 4.74 Å². The van der Waals surface area contributed by atoms with Gasteiger partial charge in [0, 0.05) is 12.3 Å². The largest absolute Gasteiger partial charge is 0.469 e. The third-order valence-corrected chi connectivity index (χ3v) is 2.75. The molecule has 3 nitrogen and oxygen atoms in total. The molecule has 0 N–H and O–H groups in total. The van der Waals surface area contributed by atoms with Crippen LogP contribution in [0.1, 0.15) is 25.7 Å². The third-order valence-electron chi connectivity index (χ3n) is 2.75. The molecule has 78 valence electrons. The van der Waals surface area contributed by atoms with Gasteiger partial charge in [-0.25, -0.2) is 0 Å². The van der Waals surface area contributed by atoms with Gasteiger partial charge in [0.15, 0.2) is 0 Å². The Morgan fingerprint density at radius 3 is 3.00 bits per heavy atom. The lowest BCUT2D eigenvalue weighted by Crippen LogP contribution is -2.29. The van der Waals surface area contributed by atoms with Crippen LogP contribution in [0.15, 0.2) is 12.7 Å². The van der Waals surface area contributed by atoms with Crippen molar-refractivity contribution in [3.8, 4) is 0 Å². The average Bonchev–Trinajstić information content (AvgIpc) is 2.20. The topological polar surface area (TPSA) is 43.4 Å². The summed E-state index contributed by atoms with van der Waals surface area (Å²) < 4.78 is 4.68. The van der Waals surface area contributed by atoms with Gasteiger partial charge in [0.2, 0.25) is 0 Å². The summed E-state index contributed by atoms with van der Waals surface area (Å²) in [7, 11) is 1.39. The molecule has 2 unspecified atom stereocenters. The average molecular weight is 196 g/mol. The van der Waals surface area contributed by atoms with E-state index in [9.17, 15) is 9.59 Å². The number of rotatable bonds is 3. The summed E-state index contributed by atoms with van der Waals surface area (Å²) >= 11 is 0. The summed E-state index contributed by atoms with van der Waals surface area (Å²) in [6, 6.07) is 0. The van der Waals surface area contributed by atoms with Gasteiger partial charge in [0.25, 0.3) is 0 Å². The van der Waals surface area contributed by atoms with E-state index in [2.05, 4.69) is 11.3 Å². The van der Waals surface area contributed by atoms with Crippen LogP contribution in [0.3, 0.4) is 0 Å². The normalized spacial score (nSPS) is 27.1. The minimum Gasteiger partial charge on any atom is -0.469 e. The number of esters is 1. The molecular formula is C11H16O3. The first-order chi connectivity index (χ1) is 6.69. The molecule has 3 heteroatoms. The van der Waals surface area contributed by atoms with Crippen LogP contribution < -0.4 is 0 Å². The Hall–Kier alpha value is -1.12. The number of ether oxygens (including phenoxy) is 1. The molecule has 0 radical (unpaired) electrons. The molecule has 1 aliphatic carbocycles. The van der Waals surface area contributed by atoms with Crippen molar-refractivity contribution in [3.05, 3.63) is 12.7 Å². The van der Waals surface area contributed by atoms with E-state index in [1.54, 1.807) is 6.08 Å². The molecule has 0 aromatic carbocycles. The molecule has 14 heavy (non-hydrogen) atoms. The zero-order valence-electron chi connectivity index (χ0n) is 8.49. The Labute approximate surface area is 84.1 Å². The van der Waals surface area contributed by atoms with Gasteiger partial charge in [-0.05, 0) is 19.3 Å². The number of carbonyl (C=O) groups is 2. The van der Waals surface area contributed by atoms with Gasteiger partial charge in [0.05, 0.1) is 13.0 Å². The van der Waals surface area contributed by atoms with Gasteiger partial charge >= 0.3 is 5.97 Å². The van der Waals surface area contributed by atoms with Crippen LogP contribution >= 0.6 is 0 Å². The Morgan fingerprint density at radius 2 is 2.43 bits per heavy atom. The predicted octanol–water partition coefficient (Wildman–Crippen LogP) is 1.72. The molecule has 0 spiro atoms. The van der Waals surface area contributed by atoms with Crippen molar-refractivity contribution >= 4 is 11.8 Å². The number of ketones is 1. The van der Waals surface area contributed by atoms with E-state index in [0.29, 0.717) is 25.7 Å². The lowest BCUT2D eigenvalue weighted by Gasteiger charge is -2.25. The number of allylic oxidation sites excluding steroid dienone is 1. The monoisotopic (exact) mass is 196 g/mol. The maximum Gasteiger partial charge on any atom is 0.308 e. The highest BCUT2D eigenvalue weighted by Gasteiger charge is 2.32. The molecule has 0 bridgehead atoms. The third kappa shape index (κ3) is 2.44.